The fraction of sp³-hybridized carbons (Fsp3) is 1.00. The molecular formula is C8H13NO6. The highest BCUT2D eigenvalue weighted by atomic mass is 16.7. The molecule has 0 spiro atoms. The smallest absolute Gasteiger partial charge is 0.220 e. The number of hydrogen-bond donors (Lipinski definition) is 3. The molecule has 0 aromatic carbocycles. The van der Waals surface area contributed by atoms with E-state index in [4.69, 9.17) is 14.6 Å². The summed E-state index contributed by atoms with van der Waals surface area (Å²) < 4.78 is 9.98. The van der Waals surface area contributed by atoms with E-state index in [2.05, 4.69) is 5.18 Å². The van der Waals surface area contributed by atoms with Crippen LogP contribution < -0.4 is 0 Å². The number of aliphatic hydroxyl groups is 3. The second-order valence-corrected chi connectivity index (χ2v) is 3.86. The molecule has 2 aliphatic rings. The predicted molar refractivity (Wildman–Crippen MR) is 46.5 cm³/mol. The van der Waals surface area contributed by atoms with Gasteiger partial charge in [0.15, 0.2) is 6.29 Å². The molecule has 0 bridgehead atoms. The standard InChI is InChI=1S/C8H13NO6/c1-14-7-4-6(12)5(11)3(2-10)8(4,9-13)15-7/h3-7,10-12H,2H2,1H3. The van der Waals surface area contributed by atoms with Crippen molar-refractivity contribution in [3.63, 3.8) is 0 Å². The van der Waals surface area contributed by atoms with Gasteiger partial charge in [0.2, 0.25) is 5.72 Å². The zero-order chi connectivity index (χ0) is 11.2. The molecule has 1 aliphatic carbocycles. The summed E-state index contributed by atoms with van der Waals surface area (Å²) in [5.41, 5.74) is -1.55. The molecule has 1 aliphatic heterocycles. The van der Waals surface area contributed by atoms with E-state index in [9.17, 15) is 15.1 Å². The van der Waals surface area contributed by atoms with E-state index in [1.165, 1.54) is 7.11 Å². The Morgan fingerprint density at radius 1 is 1.47 bits per heavy atom. The van der Waals surface area contributed by atoms with E-state index in [1.54, 1.807) is 0 Å². The maximum atomic E-state index is 10.7. The predicted octanol–water partition coefficient (Wildman–Crippen LogP) is -1.59. The van der Waals surface area contributed by atoms with Gasteiger partial charge in [-0.15, -0.1) is 4.91 Å². The number of ether oxygens (including phenoxy) is 2. The van der Waals surface area contributed by atoms with Crippen LogP contribution in [0.3, 0.4) is 0 Å². The Kier molecular flexibility index (Phi) is 2.52. The Morgan fingerprint density at radius 3 is 2.60 bits per heavy atom. The first-order valence-electron chi connectivity index (χ1n) is 4.64. The van der Waals surface area contributed by atoms with Gasteiger partial charge in [0.25, 0.3) is 0 Å². The SMILES string of the molecule is COC1OC2(N=O)C(CO)C(O)C(O)C12. The lowest BCUT2D eigenvalue weighted by Crippen LogP contribution is -2.62. The average molecular weight is 219 g/mol. The second-order valence-electron chi connectivity index (χ2n) is 3.86. The molecule has 0 radical (unpaired) electrons. The monoisotopic (exact) mass is 219 g/mol. The van der Waals surface area contributed by atoms with Crippen LogP contribution in [0.15, 0.2) is 5.18 Å². The highest BCUT2D eigenvalue weighted by molar-refractivity contribution is 5.14. The topological polar surface area (TPSA) is 109 Å². The largest absolute Gasteiger partial charge is 0.396 e. The van der Waals surface area contributed by atoms with Crippen LogP contribution in [-0.4, -0.2) is 53.3 Å². The van der Waals surface area contributed by atoms with E-state index < -0.39 is 42.7 Å². The molecule has 2 rings (SSSR count). The summed E-state index contributed by atoms with van der Waals surface area (Å²) in [6.45, 7) is -0.475. The summed E-state index contributed by atoms with van der Waals surface area (Å²) in [6.07, 6.45) is -3.15. The van der Waals surface area contributed by atoms with Crippen molar-refractivity contribution in [2.24, 2.45) is 17.0 Å². The maximum Gasteiger partial charge on any atom is 0.220 e. The fourth-order valence-corrected chi connectivity index (χ4v) is 2.48. The fourth-order valence-electron chi connectivity index (χ4n) is 2.48. The van der Waals surface area contributed by atoms with Crippen LogP contribution in [0.4, 0.5) is 0 Å². The van der Waals surface area contributed by atoms with Crippen LogP contribution in [-0.2, 0) is 9.47 Å². The van der Waals surface area contributed by atoms with Crippen molar-refractivity contribution >= 4 is 0 Å². The van der Waals surface area contributed by atoms with Gasteiger partial charge in [-0.2, -0.15) is 0 Å². The van der Waals surface area contributed by atoms with Crippen molar-refractivity contribution in [2.75, 3.05) is 13.7 Å². The van der Waals surface area contributed by atoms with Crippen LogP contribution in [0.2, 0.25) is 0 Å². The molecule has 0 aromatic heterocycles. The summed E-state index contributed by atoms with van der Waals surface area (Å²) in [5, 5.41) is 31.1. The normalized spacial score (nSPS) is 53.5. The summed E-state index contributed by atoms with van der Waals surface area (Å²) in [7, 11) is 1.37. The van der Waals surface area contributed by atoms with E-state index in [0.29, 0.717) is 0 Å². The molecule has 6 unspecified atom stereocenters. The third kappa shape index (κ3) is 1.12. The number of nitroso groups, excluding NO2 is 1. The van der Waals surface area contributed by atoms with Crippen molar-refractivity contribution in [1.82, 2.24) is 0 Å². The molecule has 1 saturated carbocycles. The summed E-state index contributed by atoms with van der Waals surface area (Å²) in [6, 6.07) is 0. The third-order valence-corrected chi connectivity index (χ3v) is 3.31. The van der Waals surface area contributed by atoms with Crippen molar-refractivity contribution in [1.29, 1.82) is 0 Å². The molecule has 3 N–H and O–H groups in total. The van der Waals surface area contributed by atoms with E-state index >= 15 is 0 Å². The van der Waals surface area contributed by atoms with Gasteiger partial charge < -0.3 is 24.8 Å². The third-order valence-electron chi connectivity index (χ3n) is 3.31. The first-order chi connectivity index (χ1) is 7.12. The molecule has 1 saturated heterocycles. The summed E-state index contributed by atoms with van der Waals surface area (Å²) in [5.74, 6) is -1.62. The van der Waals surface area contributed by atoms with Crippen LogP contribution >= 0.6 is 0 Å². The molecule has 86 valence electrons. The Labute approximate surface area is 85.6 Å². The Balaban J connectivity index is 2.30. The van der Waals surface area contributed by atoms with Crippen molar-refractivity contribution < 1.29 is 24.8 Å². The van der Waals surface area contributed by atoms with Gasteiger partial charge in [0, 0.05) is 7.11 Å². The zero-order valence-electron chi connectivity index (χ0n) is 8.11. The minimum atomic E-state index is -1.55. The van der Waals surface area contributed by atoms with Crippen molar-refractivity contribution in [2.45, 2.75) is 24.2 Å². The van der Waals surface area contributed by atoms with Gasteiger partial charge in [-0.25, -0.2) is 0 Å². The van der Waals surface area contributed by atoms with Gasteiger partial charge in [-0.1, -0.05) is 0 Å². The first-order valence-corrected chi connectivity index (χ1v) is 4.64. The molecule has 7 heteroatoms. The highest BCUT2D eigenvalue weighted by Crippen LogP contribution is 2.55. The van der Waals surface area contributed by atoms with Gasteiger partial charge in [-0.05, 0) is 5.18 Å². The van der Waals surface area contributed by atoms with E-state index in [1.807, 2.05) is 0 Å². The van der Waals surface area contributed by atoms with Gasteiger partial charge in [0.1, 0.15) is 0 Å². The second kappa shape index (κ2) is 3.46. The minimum absolute atomic E-state index is 0.475. The molecule has 0 aromatic rings. The molecule has 6 atom stereocenters. The molecular weight excluding hydrogens is 206 g/mol. The van der Waals surface area contributed by atoms with Crippen LogP contribution in [0.1, 0.15) is 0 Å². The Morgan fingerprint density at radius 2 is 2.13 bits per heavy atom. The van der Waals surface area contributed by atoms with Gasteiger partial charge >= 0.3 is 0 Å². The summed E-state index contributed by atoms with van der Waals surface area (Å²) >= 11 is 0. The lowest BCUT2D eigenvalue weighted by atomic mass is 9.87. The molecule has 1 heterocycles. The number of hydrogen-bond acceptors (Lipinski definition) is 7. The minimum Gasteiger partial charge on any atom is -0.396 e. The number of rotatable bonds is 3. The zero-order valence-corrected chi connectivity index (χ0v) is 8.11. The number of fused-ring (bicyclic) bond motifs is 1. The van der Waals surface area contributed by atoms with Crippen LogP contribution in [0.25, 0.3) is 0 Å². The Hall–Kier alpha value is -0.600. The Bertz CT molecular complexity index is 274. The maximum absolute atomic E-state index is 10.7. The van der Waals surface area contributed by atoms with Crippen LogP contribution in [0.5, 0.6) is 0 Å². The molecule has 2 fully saturated rings. The van der Waals surface area contributed by atoms with Gasteiger partial charge in [-0.3, -0.25) is 0 Å². The lowest BCUT2D eigenvalue weighted by Gasteiger charge is -2.47. The number of methoxy groups -OCH3 is 1. The quantitative estimate of drug-likeness (QED) is 0.494. The lowest BCUT2D eigenvalue weighted by molar-refractivity contribution is -0.356. The highest BCUT2D eigenvalue weighted by Gasteiger charge is 2.73. The first kappa shape index (κ1) is 10.9. The average Bonchev–Trinajstić information content (AvgIpc) is 2.36. The number of nitrogens with zero attached hydrogens (tertiary/aromatic N) is 1. The van der Waals surface area contributed by atoms with Crippen LogP contribution in [0, 0.1) is 16.7 Å². The van der Waals surface area contributed by atoms with Gasteiger partial charge in [0.05, 0.1) is 30.7 Å². The number of aliphatic hydroxyl groups excluding tert-OH is 3. The molecule has 7 nitrogen and oxygen atoms in total. The van der Waals surface area contributed by atoms with E-state index in [-0.39, 0.29) is 0 Å². The van der Waals surface area contributed by atoms with E-state index in [0.717, 1.165) is 0 Å². The molecule has 15 heavy (non-hydrogen) atoms. The summed E-state index contributed by atoms with van der Waals surface area (Å²) in [4.78, 5) is 10.7. The van der Waals surface area contributed by atoms with Crippen molar-refractivity contribution in [3.8, 4) is 0 Å². The van der Waals surface area contributed by atoms with Crippen molar-refractivity contribution in [3.05, 3.63) is 4.91 Å². The molecule has 0 amide bonds.